The molecule has 0 aliphatic carbocycles. The lowest BCUT2D eigenvalue weighted by molar-refractivity contribution is -0.0478. The first-order chi connectivity index (χ1) is 6.53. The Morgan fingerprint density at radius 2 is 2.36 bits per heavy atom. The molecule has 2 N–H and O–H groups in total. The van der Waals surface area contributed by atoms with E-state index in [1.54, 1.807) is 24.0 Å². The Balaban J connectivity index is 2.28. The molecule has 0 saturated heterocycles. The van der Waals surface area contributed by atoms with Gasteiger partial charge in [-0.2, -0.15) is 5.10 Å². The van der Waals surface area contributed by atoms with E-state index in [1.807, 2.05) is 0 Å². The van der Waals surface area contributed by atoms with Gasteiger partial charge in [0.25, 0.3) is 5.92 Å². The van der Waals surface area contributed by atoms with Crippen molar-refractivity contribution in [1.82, 2.24) is 15.1 Å². The van der Waals surface area contributed by atoms with Crippen LogP contribution in [0, 0.1) is 0 Å². The van der Waals surface area contributed by atoms with Gasteiger partial charge in [-0.3, -0.25) is 4.68 Å². The Bertz CT molecular complexity index is 288. The van der Waals surface area contributed by atoms with E-state index < -0.39 is 19.1 Å². The zero-order chi connectivity index (χ0) is 10.6. The number of aliphatic hydroxyl groups is 1. The molecule has 0 aliphatic rings. The second-order valence-corrected chi connectivity index (χ2v) is 3.10. The summed E-state index contributed by atoms with van der Waals surface area (Å²) in [7, 11) is 1.76. The Labute approximate surface area is 80.5 Å². The zero-order valence-corrected chi connectivity index (χ0v) is 7.87. The SMILES string of the molecule is Cn1ccc(CNCC(F)(F)CO)n1. The van der Waals surface area contributed by atoms with Gasteiger partial charge in [0.15, 0.2) is 0 Å². The molecule has 4 nitrogen and oxygen atoms in total. The van der Waals surface area contributed by atoms with Crippen molar-refractivity contribution in [2.24, 2.45) is 7.05 Å². The molecular weight excluding hydrogens is 192 g/mol. The molecule has 1 heterocycles. The minimum absolute atomic E-state index is 0.274. The van der Waals surface area contributed by atoms with Crippen LogP contribution < -0.4 is 5.32 Å². The summed E-state index contributed by atoms with van der Waals surface area (Å²) in [4.78, 5) is 0. The molecule has 1 aromatic rings. The number of alkyl halides is 2. The highest BCUT2D eigenvalue weighted by atomic mass is 19.3. The maximum atomic E-state index is 12.5. The first-order valence-corrected chi connectivity index (χ1v) is 4.21. The number of aliphatic hydroxyl groups excluding tert-OH is 1. The maximum Gasteiger partial charge on any atom is 0.282 e. The third-order valence-corrected chi connectivity index (χ3v) is 1.69. The van der Waals surface area contributed by atoms with Crippen molar-refractivity contribution in [2.75, 3.05) is 13.2 Å². The van der Waals surface area contributed by atoms with Crippen LogP contribution in [-0.4, -0.2) is 34.0 Å². The van der Waals surface area contributed by atoms with E-state index in [0.717, 1.165) is 0 Å². The van der Waals surface area contributed by atoms with Crippen LogP contribution in [0.5, 0.6) is 0 Å². The monoisotopic (exact) mass is 205 g/mol. The molecule has 14 heavy (non-hydrogen) atoms. The fourth-order valence-electron chi connectivity index (χ4n) is 0.987. The number of aromatic nitrogens is 2. The molecule has 1 rings (SSSR count). The average Bonchev–Trinajstić information content (AvgIpc) is 2.51. The van der Waals surface area contributed by atoms with Gasteiger partial charge in [0.2, 0.25) is 0 Å². The summed E-state index contributed by atoms with van der Waals surface area (Å²) in [6.45, 7) is -1.40. The molecule has 0 spiro atoms. The summed E-state index contributed by atoms with van der Waals surface area (Å²) in [6, 6.07) is 1.74. The maximum absolute atomic E-state index is 12.5. The molecule has 1 aromatic heterocycles. The largest absolute Gasteiger partial charge is 0.390 e. The lowest BCUT2D eigenvalue weighted by atomic mass is 10.3. The number of hydrogen-bond acceptors (Lipinski definition) is 3. The van der Waals surface area contributed by atoms with Crippen LogP contribution in [0.15, 0.2) is 12.3 Å². The van der Waals surface area contributed by atoms with Crippen LogP contribution in [0.4, 0.5) is 8.78 Å². The van der Waals surface area contributed by atoms with Crippen LogP contribution >= 0.6 is 0 Å². The second-order valence-electron chi connectivity index (χ2n) is 3.10. The molecule has 0 saturated carbocycles. The summed E-state index contributed by atoms with van der Waals surface area (Å²) in [5.41, 5.74) is 0.696. The topological polar surface area (TPSA) is 50.1 Å². The standard InChI is InChI=1S/C8H13F2N3O/c1-13-3-2-7(12-13)4-11-5-8(9,10)6-14/h2-3,11,14H,4-6H2,1H3. The average molecular weight is 205 g/mol. The van der Waals surface area contributed by atoms with Crippen molar-refractivity contribution in [3.8, 4) is 0 Å². The molecule has 0 radical (unpaired) electrons. The summed E-state index contributed by atoms with van der Waals surface area (Å²) < 4.78 is 26.6. The van der Waals surface area contributed by atoms with E-state index in [2.05, 4.69) is 10.4 Å². The fourth-order valence-corrected chi connectivity index (χ4v) is 0.987. The highest BCUT2D eigenvalue weighted by molar-refractivity contribution is 4.97. The van der Waals surface area contributed by atoms with E-state index in [9.17, 15) is 8.78 Å². The van der Waals surface area contributed by atoms with E-state index in [1.165, 1.54) is 0 Å². The smallest absolute Gasteiger partial charge is 0.282 e. The molecule has 80 valence electrons. The van der Waals surface area contributed by atoms with Gasteiger partial charge in [-0.15, -0.1) is 0 Å². The van der Waals surface area contributed by atoms with Gasteiger partial charge in [0.05, 0.1) is 12.2 Å². The number of nitrogens with one attached hydrogen (secondary N) is 1. The molecule has 0 atom stereocenters. The van der Waals surface area contributed by atoms with Gasteiger partial charge < -0.3 is 10.4 Å². The first kappa shape index (κ1) is 11.1. The van der Waals surface area contributed by atoms with Crippen molar-refractivity contribution in [2.45, 2.75) is 12.5 Å². The van der Waals surface area contributed by atoms with Gasteiger partial charge >= 0.3 is 0 Å². The van der Waals surface area contributed by atoms with E-state index in [-0.39, 0.29) is 6.54 Å². The highest BCUT2D eigenvalue weighted by Crippen LogP contribution is 2.09. The number of rotatable bonds is 5. The predicted molar refractivity (Wildman–Crippen MR) is 46.9 cm³/mol. The minimum Gasteiger partial charge on any atom is -0.390 e. The summed E-state index contributed by atoms with van der Waals surface area (Å²) >= 11 is 0. The predicted octanol–water partition coefficient (Wildman–Crippen LogP) is 0.137. The number of nitrogens with zero attached hydrogens (tertiary/aromatic N) is 2. The molecule has 0 aliphatic heterocycles. The molecule has 0 bridgehead atoms. The van der Waals surface area contributed by atoms with E-state index in [4.69, 9.17) is 5.11 Å². The number of halogens is 2. The van der Waals surface area contributed by atoms with Crippen molar-refractivity contribution >= 4 is 0 Å². The number of hydrogen-bond donors (Lipinski definition) is 2. The van der Waals surface area contributed by atoms with Gasteiger partial charge in [0, 0.05) is 19.8 Å². The van der Waals surface area contributed by atoms with Crippen LogP contribution in [0.3, 0.4) is 0 Å². The van der Waals surface area contributed by atoms with E-state index >= 15 is 0 Å². The Morgan fingerprint density at radius 3 is 2.86 bits per heavy atom. The van der Waals surface area contributed by atoms with Crippen LogP contribution in [0.2, 0.25) is 0 Å². The van der Waals surface area contributed by atoms with Crippen LogP contribution in [0.1, 0.15) is 5.69 Å². The molecule has 6 heteroatoms. The first-order valence-electron chi connectivity index (χ1n) is 4.21. The van der Waals surface area contributed by atoms with Crippen LogP contribution in [0.25, 0.3) is 0 Å². The Morgan fingerprint density at radius 1 is 1.64 bits per heavy atom. The third kappa shape index (κ3) is 3.39. The summed E-state index contributed by atoms with van der Waals surface area (Å²) in [6.07, 6.45) is 1.74. The molecule has 0 fully saturated rings. The summed E-state index contributed by atoms with van der Waals surface area (Å²) in [5, 5.41) is 14.8. The van der Waals surface area contributed by atoms with Crippen LogP contribution in [-0.2, 0) is 13.6 Å². The van der Waals surface area contributed by atoms with Gasteiger partial charge in [0.1, 0.15) is 6.61 Å². The minimum atomic E-state index is -3.06. The quantitative estimate of drug-likeness (QED) is 0.718. The lowest BCUT2D eigenvalue weighted by Crippen LogP contribution is -2.35. The fraction of sp³-hybridized carbons (Fsp3) is 0.625. The lowest BCUT2D eigenvalue weighted by Gasteiger charge is -2.12. The molecule has 0 amide bonds. The summed E-state index contributed by atoms with van der Waals surface area (Å²) in [5.74, 6) is -3.06. The van der Waals surface area contributed by atoms with Gasteiger partial charge in [-0.05, 0) is 6.07 Å². The normalized spacial score (nSPS) is 12.0. The third-order valence-electron chi connectivity index (χ3n) is 1.69. The second kappa shape index (κ2) is 4.47. The Hall–Kier alpha value is -1.01. The molecule has 0 unspecified atom stereocenters. The van der Waals surface area contributed by atoms with E-state index in [0.29, 0.717) is 5.69 Å². The Kier molecular flexibility index (Phi) is 3.54. The van der Waals surface area contributed by atoms with Crippen molar-refractivity contribution in [3.63, 3.8) is 0 Å². The van der Waals surface area contributed by atoms with Crippen molar-refractivity contribution in [3.05, 3.63) is 18.0 Å². The molecule has 0 aromatic carbocycles. The molecular formula is C8H13F2N3O. The number of aryl methyl sites for hydroxylation is 1. The zero-order valence-electron chi connectivity index (χ0n) is 7.87. The van der Waals surface area contributed by atoms with Crippen molar-refractivity contribution < 1.29 is 13.9 Å². The highest BCUT2D eigenvalue weighted by Gasteiger charge is 2.26. The van der Waals surface area contributed by atoms with Gasteiger partial charge in [-0.25, -0.2) is 8.78 Å². The van der Waals surface area contributed by atoms with Crippen molar-refractivity contribution in [1.29, 1.82) is 0 Å². The van der Waals surface area contributed by atoms with Gasteiger partial charge in [-0.1, -0.05) is 0 Å².